The predicted octanol–water partition coefficient (Wildman–Crippen LogP) is 2.59. The van der Waals surface area contributed by atoms with Crippen molar-refractivity contribution in [1.29, 1.82) is 0 Å². The van der Waals surface area contributed by atoms with Gasteiger partial charge in [0, 0.05) is 31.9 Å². The van der Waals surface area contributed by atoms with E-state index in [2.05, 4.69) is 10.6 Å². The van der Waals surface area contributed by atoms with Crippen LogP contribution in [0.3, 0.4) is 0 Å². The summed E-state index contributed by atoms with van der Waals surface area (Å²) < 4.78 is 38.4. The molecule has 0 spiro atoms. The molecule has 1 unspecified atom stereocenters. The van der Waals surface area contributed by atoms with Crippen molar-refractivity contribution in [3.05, 3.63) is 28.8 Å². The number of hydrogen-bond acceptors (Lipinski definition) is 3. The van der Waals surface area contributed by atoms with Crippen LogP contribution in [0.15, 0.2) is 18.2 Å². The molecule has 1 aromatic rings. The number of carbonyl (C=O) groups excluding carboxylic acids is 1. The van der Waals surface area contributed by atoms with Crippen molar-refractivity contribution in [3.63, 3.8) is 0 Å². The van der Waals surface area contributed by atoms with Crippen molar-refractivity contribution in [1.82, 2.24) is 10.2 Å². The molecule has 2 N–H and O–H groups in total. The van der Waals surface area contributed by atoms with E-state index in [9.17, 15) is 18.0 Å². The van der Waals surface area contributed by atoms with Crippen LogP contribution in [0.1, 0.15) is 12.5 Å². The van der Waals surface area contributed by atoms with Gasteiger partial charge in [0.1, 0.15) is 0 Å². The maximum atomic E-state index is 12.8. The van der Waals surface area contributed by atoms with Crippen molar-refractivity contribution in [3.8, 4) is 0 Å². The highest BCUT2D eigenvalue weighted by Crippen LogP contribution is 2.36. The summed E-state index contributed by atoms with van der Waals surface area (Å²) in [6.45, 7) is 4.76. The van der Waals surface area contributed by atoms with Gasteiger partial charge in [-0.25, -0.2) is 0 Å². The number of nitrogens with one attached hydrogen (secondary N) is 2. The average molecular weight is 336 g/mol. The zero-order chi connectivity index (χ0) is 16.3. The van der Waals surface area contributed by atoms with Gasteiger partial charge >= 0.3 is 6.18 Å². The molecule has 1 aliphatic heterocycles. The Morgan fingerprint density at radius 2 is 2.00 bits per heavy atom. The summed E-state index contributed by atoms with van der Waals surface area (Å²) in [5.74, 6) is -0.336. The number of benzene rings is 1. The highest BCUT2D eigenvalue weighted by atomic mass is 35.5. The van der Waals surface area contributed by atoms with Crippen LogP contribution in [0.4, 0.5) is 18.9 Å². The monoisotopic (exact) mass is 335 g/mol. The molecule has 0 bridgehead atoms. The Bertz CT molecular complexity index is 545. The van der Waals surface area contributed by atoms with Crippen LogP contribution < -0.4 is 10.6 Å². The Morgan fingerprint density at radius 1 is 1.36 bits per heavy atom. The molecule has 0 aliphatic carbocycles. The molecule has 0 radical (unpaired) electrons. The zero-order valence-electron chi connectivity index (χ0n) is 12.0. The van der Waals surface area contributed by atoms with E-state index in [1.54, 1.807) is 6.92 Å². The quantitative estimate of drug-likeness (QED) is 0.892. The maximum absolute atomic E-state index is 12.8. The summed E-state index contributed by atoms with van der Waals surface area (Å²) >= 11 is 5.55. The summed E-state index contributed by atoms with van der Waals surface area (Å²) in [5, 5.41) is 5.31. The van der Waals surface area contributed by atoms with Crippen LogP contribution >= 0.6 is 11.6 Å². The van der Waals surface area contributed by atoms with Gasteiger partial charge in [0.2, 0.25) is 5.91 Å². The molecule has 0 aromatic heterocycles. The number of alkyl halides is 3. The molecule has 2 rings (SSSR count). The fourth-order valence-electron chi connectivity index (χ4n) is 2.30. The smallest absolute Gasteiger partial charge is 0.325 e. The van der Waals surface area contributed by atoms with Gasteiger partial charge in [-0.2, -0.15) is 13.2 Å². The molecule has 8 heteroatoms. The molecule has 1 heterocycles. The third kappa shape index (κ3) is 4.12. The van der Waals surface area contributed by atoms with Gasteiger partial charge in [-0.1, -0.05) is 11.6 Å². The number of carbonyl (C=O) groups is 1. The van der Waals surface area contributed by atoms with Gasteiger partial charge in [0.05, 0.1) is 16.6 Å². The second kappa shape index (κ2) is 6.85. The van der Waals surface area contributed by atoms with Crippen LogP contribution in [0.5, 0.6) is 0 Å². The summed E-state index contributed by atoms with van der Waals surface area (Å²) in [7, 11) is 0. The minimum atomic E-state index is -4.55. The Kier molecular flexibility index (Phi) is 5.31. The summed E-state index contributed by atoms with van der Waals surface area (Å²) in [4.78, 5) is 14.1. The SMILES string of the molecule is CC(C(=O)Nc1ccc(Cl)c(C(F)(F)F)c1)N1CCNCC1. The lowest BCUT2D eigenvalue weighted by Gasteiger charge is -2.31. The number of piperazine rings is 1. The summed E-state index contributed by atoms with van der Waals surface area (Å²) in [5.41, 5.74) is -0.870. The van der Waals surface area contributed by atoms with E-state index in [4.69, 9.17) is 11.6 Å². The van der Waals surface area contributed by atoms with Crippen molar-refractivity contribution in [2.24, 2.45) is 0 Å². The van der Waals surface area contributed by atoms with E-state index in [1.165, 1.54) is 6.07 Å². The first kappa shape index (κ1) is 17.1. The molecule has 1 atom stereocenters. The number of rotatable bonds is 3. The van der Waals surface area contributed by atoms with Gasteiger partial charge in [-0.3, -0.25) is 9.69 Å². The van der Waals surface area contributed by atoms with Crippen molar-refractivity contribution in [2.75, 3.05) is 31.5 Å². The molecule has 22 heavy (non-hydrogen) atoms. The normalized spacial score (nSPS) is 18.0. The fraction of sp³-hybridized carbons (Fsp3) is 0.500. The second-order valence-electron chi connectivity index (χ2n) is 5.14. The molecule has 4 nitrogen and oxygen atoms in total. The lowest BCUT2D eigenvalue weighted by Crippen LogP contribution is -2.51. The average Bonchev–Trinajstić information content (AvgIpc) is 2.48. The van der Waals surface area contributed by atoms with Crippen molar-refractivity contribution < 1.29 is 18.0 Å². The lowest BCUT2D eigenvalue weighted by molar-refractivity contribution is -0.137. The summed E-state index contributed by atoms with van der Waals surface area (Å²) in [6.07, 6.45) is -4.55. The molecular weight excluding hydrogens is 319 g/mol. The number of hydrogen-bond donors (Lipinski definition) is 2. The molecule has 1 aliphatic rings. The molecular formula is C14H17ClF3N3O. The van der Waals surface area contributed by atoms with E-state index in [0.29, 0.717) is 0 Å². The van der Waals surface area contributed by atoms with Gasteiger partial charge in [-0.15, -0.1) is 0 Å². The number of amides is 1. The van der Waals surface area contributed by atoms with Crippen LogP contribution in [-0.4, -0.2) is 43.0 Å². The first-order valence-electron chi connectivity index (χ1n) is 6.91. The predicted molar refractivity (Wildman–Crippen MR) is 79.0 cm³/mol. The summed E-state index contributed by atoms with van der Waals surface area (Å²) in [6, 6.07) is 2.94. The molecule has 1 amide bonds. The van der Waals surface area contributed by atoms with Crippen LogP contribution in [0, 0.1) is 0 Å². The highest BCUT2D eigenvalue weighted by Gasteiger charge is 2.33. The van der Waals surface area contributed by atoms with Crippen LogP contribution in [0.2, 0.25) is 5.02 Å². The standard InChI is InChI=1S/C14H17ClF3N3O/c1-9(21-6-4-19-5-7-21)13(22)20-10-2-3-12(15)11(8-10)14(16,17)18/h2-3,8-9,19H,4-7H2,1H3,(H,20,22). The van der Waals surface area contributed by atoms with E-state index in [1.807, 2.05) is 4.90 Å². The fourth-order valence-corrected chi connectivity index (χ4v) is 2.53. The molecule has 0 saturated carbocycles. The second-order valence-corrected chi connectivity index (χ2v) is 5.55. The minimum absolute atomic E-state index is 0.0868. The number of anilines is 1. The minimum Gasteiger partial charge on any atom is -0.325 e. The zero-order valence-corrected chi connectivity index (χ0v) is 12.8. The number of halogens is 4. The topological polar surface area (TPSA) is 44.4 Å². The third-order valence-electron chi connectivity index (χ3n) is 3.62. The molecule has 122 valence electrons. The van der Waals surface area contributed by atoms with Crippen LogP contribution in [0.25, 0.3) is 0 Å². The Morgan fingerprint density at radius 3 is 2.59 bits per heavy atom. The lowest BCUT2D eigenvalue weighted by atomic mass is 10.1. The van der Waals surface area contributed by atoms with E-state index < -0.39 is 17.8 Å². The first-order chi connectivity index (χ1) is 10.3. The van der Waals surface area contributed by atoms with Crippen molar-refractivity contribution >= 4 is 23.2 Å². The highest BCUT2D eigenvalue weighted by molar-refractivity contribution is 6.31. The largest absolute Gasteiger partial charge is 0.417 e. The maximum Gasteiger partial charge on any atom is 0.417 e. The third-order valence-corrected chi connectivity index (χ3v) is 3.95. The van der Waals surface area contributed by atoms with Gasteiger partial charge in [0.15, 0.2) is 0 Å². The van der Waals surface area contributed by atoms with E-state index in [-0.39, 0.29) is 16.6 Å². The van der Waals surface area contributed by atoms with Crippen LogP contribution in [-0.2, 0) is 11.0 Å². The molecule has 1 aromatic carbocycles. The Hall–Kier alpha value is -1.31. The van der Waals surface area contributed by atoms with E-state index >= 15 is 0 Å². The Balaban J connectivity index is 2.08. The van der Waals surface area contributed by atoms with Gasteiger partial charge < -0.3 is 10.6 Å². The Labute approximate surface area is 131 Å². The van der Waals surface area contributed by atoms with Gasteiger partial charge in [-0.05, 0) is 25.1 Å². The number of nitrogens with zero attached hydrogens (tertiary/aromatic N) is 1. The molecule has 1 fully saturated rings. The van der Waals surface area contributed by atoms with Crippen molar-refractivity contribution in [2.45, 2.75) is 19.1 Å². The first-order valence-corrected chi connectivity index (χ1v) is 7.29. The van der Waals surface area contributed by atoms with E-state index in [0.717, 1.165) is 38.3 Å². The van der Waals surface area contributed by atoms with Gasteiger partial charge in [0.25, 0.3) is 0 Å². The molecule has 1 saturated heterocycles.